The Labute approximate surface area is 114 Å². The third-order valence-electron chi connectivity index (χ3n) is 2.65. The number of halogens is 3. The first-order valence-electron chi connectivity index (χ1n) is 5.68. The second-order valence-corrected chi connectivity index (χ2v) is 4.54. The van der Waals surface area contributed by atoms with Crippen molar-refractivity contribution in [3.05, 3.63) is 64.2 Å². The van der Waals surface area contributed by atoms with E-state index in [1.165, 1.54) is 18.2 Å². The van der Waals surface area contributed by atoms with Crippen molar-refractivity contribution in [2.45, 2.75) is 13.1 Å². The lowest BCUT2D eigenvalue weighted by atomic mass is 10.2. The van der Waals surface area contributed by atoms with E-state index in [1.807, 2.05) is 0 Å². The van der Waals surface area contributed by atoms with Crippen molar-refractivity contribution in [1.29, 1.82) is 0 Å². The SMILES string of the molecule is Oc1ccc(CNCc2ccc(F)c(Cl)c2)cc1F. The van der Waals surface area contributed by atoms with Crippen LogP contribution in [-0.4, -0.2) is 5.11 Å². The Balaban J connectivity index is 1.92. The zero-order valence-corrected chi connectivity index (χ0v) is 10.7. The van der Waals surface area contributed by atoms with Crippen LogP contribution in [0.1, 0.15) is 11.1 Å². The summed E-state index contributed by atoms with van der Waals surface area (Å²) in [6, 6.07) is 8.68. The second kappa shape index (κ2) is 5.99. The number of hydrogen-bond acceptors (Lipinski definition) is 2. The van der Waals surface area contributed by atoms with Crippen LogP contribution in [-0.2, 0) is 13.1 Å². The van der Waals surface area contributed by atoms with Crippen LogP contribution in [0, 0.1) is 11.6 Å². The molecule has 0 aromatic heterocycles. The lowest BCUT2D eigenvalue weighted by molar-refractivity contribution is 0.431. The molecule has 0 aliphatic carbocycles. The van der Waals surface area contributed by atoms with Crippen LogP contribution in [0.3, 0.4) is 0 Å². The van der Waals surface area contributed by atoms with Crippen molar-refractivity contribution >= 4 is 11.6 Å². The molecule has 2 aromatic carbocycles. The number of aromatic hydroxyl groups is 1. The zero-order valence-electron chi connectivity index (χ0n) is 9.96. The first-order chi connectivity index (χ1) is 9.06. The van der Waals surface area contributed by atoms with E-state index in [2.05, 4.69) is 5.32 Å². The average Bonchev–Trinajstić information content (AvgIpc) is 2.38. The monoisotopic (exact) mass is 283 g/mol. The fourth-order valence-electron chi connectivity index (χ4n) is 1.66. The highest BCUT2D eigenvalue weighted by atomic mass is 35.5. The Hall–Kier alpha value is -1.65. The number of rotatable bonds is 4. The smallest absolute Gasteiger partial charge is 0.165 e. The predicted octanol–water partition coefficient (Wildman–Crippen LogP) is 3.61. The fraction of sp³-hybridized carbons (Fsp3) is 0.143. The third kappa shape index (κ3) is 3.66. The van der Waals surface area contributed by atoms with Crippen LogP contribution in [0.15, 0.2) is 36.4 Å². The number of phenolic OH excluding ortho intramolecular Hbond substituents is 1. The molecule has 0 aliphatic rings. The van der Waals surface area contributed by atoms with Gasteiger partial charge in [0.2, 0.25) is 0 Å². The average molecular weight is 284 g/mol. The van der Waals surface area contributed by atoms with Crippen LogP contribution in [0.4, 0.5) is 8.78 Å². The first-order valence-corrected chi connectivity index (χ1v) is 6.06. The van der Waals surface area contributed by atoms with Gasteiger partial charge in [-0.3, -0.25) is 0 Å². The van der Waals surface area contributed by atoms with Crippen molar-refractivity contribution in [3.63, 3.8) is 0 Å². The second-order valence-electron chi connectivity index (χ2n) is 4.14. The minimum absolute atomic E-state index is 0.0787. The molecular formula is C14H12ClF2NO. The normalized spacial score (nSPS) is 10.7. The summed E-state index contributed by atoms with van der Waals surface area (Å²) in [5.74, 6) is -1.47. The van der Waals surface area contributed by atoms with E-state index in [0.29, 0.717) is 18.7 Å². The van der Waals surface area contributed by atoms with Gasteiger partial charge in [0.05, 0.1) is 5.02 Å². The van der Waals surface area contributed by atoms with Crippen LogP contribution in [0.2, 0.25) is 5.02 Å². The lowest BCUT2D eigenvalue weighted by Gasteiger charge is -2.06. The van der Waals surface area contributed by atoms with Gasteiger partial charge in [0.15, 0.2) is 11.6 Å². The van der Waals surface area contributed by atoms with Gasteiger partial charge in [-0.05, 0) is 35.4 Å². The molecule has 0 atom stereocenters. The lowest BCUT2D eigenvalue weighted by Crippen LogP contribution is -2.12. The van der Waals surface area contributed by atoms with Crippen molar-refractivity contribution < 1.29 is 13.9 Å². The van der Waals surface area contributed by atoms with E-state index >= 15 is 0 Å². The summed E-state index contributed by atoms with van der Waals surface area (Å²) in [6.45, 7) is 0.925. The molecule has 0 bridgehead atoms. The molecule has 0 saturated heterocycles. The number of benzene rings is 2. The van der Waals surface area contributed by atoms with Gasteiger partial charge in [0.25, 0.3) is 0 Å². The van der Waals surface area contributed by atoms with Gasteiger partial charge < -0.3 is 10.4 Å². The summed E-state index contributed by atoms with van der Waals surface area (Å²) in [5, 5.41) is 12.2. The third-order valence-corrected chi connectivity index (χ3v) is 2.94. The van der Waals surface area contributed by atoms with E-state index in [0.717, 1.165) is 5.56 Å². The van der Waals surface area contributed by atoms with Crippen molar-refractivity contribution in [2.24, 2.45) is 0 Å². The van der Waals surface area contributed by atoms with E-state index in [4.69, 9.17) is 16.7 Å². The first kappa shape index (κ1) is 13.8. The molecule has 0 unspecified atom stereocenters. The molecule has 0 saturated carbocycles. The van der Waals surface area contributed by atoms with Crippen LogP contribution >= 0.6 is 11.6 Å². The molecule has 0 amide bonds. The molecule has 0 fully saturated rings. The van der Waals surface area contributed by atoms with E-state index in [9.17, 15) is 8.78 Å². The molecule has 5 heteroatoms. The summed E-state index contributed by atoms with van der Waals surface area (Å²) in [4.78, 5) is 0. The standard InChI is InChI=1S/C14H12ClF2NO/c15-11-5-9(1-3-12(11)16)7-18-8-10-2-4-14(19)13(17)6-10/h1-6,18-19H,7-8H2. The molecule has 0 spiro atoms. The number of nitrogens with one attached hydrogen (secondary N) is 1. The molecular weight excluding hydrogens is 272 g/mol. The number of phenols is 1. The summed E-state index contributed by atoms with van der Waals surface area (Å²) in [5.41, 5.74) is 1.55. The van der Waals surface area contributed by atoms with Gasteiger partial charge in [-0.25, -0.2) is 8.78 Å². The highest BCUT2D eigenvalue weighted by molar-refractivity contribution is 6.30. The molecule has 2 aromatic rings. The van der Waals surface area contributed by atoms with E-state index < -0.39 is 11.6 Å². The van der Waals surface area contributed by atoms with Crippen LogP contribution in [0.25, 0.3) is 0 Å². The Morgan fingerprint density at radius 1 is 0.947 bits per heavy atom. The summed E-state index contributed by atoms with van der Waals surface area (Å²) in [7, 11) is 0. The highest BCUT2D eigenvalue weighted by Gasteiger charge is 2.03. The Kier molecular flexibility index (Phi) is 4.35. The quantitative estimate of drug-likeness (QED) is 0.898. The minimum Gasteiger partial charge on any atom is -0.505 e. The Bertz CT molecular complexity index is 538. The van der Waals surface area contributed by atoms with Gasteiger partial charge in [0.1, 0.15) is 5.82 Å². The minimum atomic E-state index is -0.649. The predicted molar refractivity (Wildman–Crippen MR) is 70.0 cm³/mol. The Morgan fingerprint density at radius 2 is 1.58 bits per heavy atom. The highest BCUT2D eigenvalue weighted by Crippen LogP contribution is 2.17. The maximum atomic E-state index is 13.1. The summed E-state index contributed by atoms with van der Waals surface area (Å²) >= 11 is 5.67. The molecule has 0 aliphatic heterocycles. The molecule has 2 N–H and O–H groups in total. The van der Waals surface area contributed by atoms with E-state index in [1.54, 1.807) is 18.2 Å². The van der Waals surface area contributed by atoms with Gasteiger partial charge in [-0.15, -0.1) is 0 Å². The fourth-order valence-corrected chi connectivity index (χ4v) is 1.86. The largest absolute Gasteiger partial charge is 0.505 e. The van der Waals surface area contributed by atoms with Crippen LogP contribution in [0.5, 0.6) is 5.75 Å². The van der Waals surface area contributed by atoms with E-state index in [-0.39, 0.29) is 10.8 Å². The van der Waals surface area contributed by atoms with Gasteiger partial charge >= 0.3 is 0 Å². The van der Waals surface area contributed by atoms with Gasteiger partial charge in [-0.2, -0.15) is 0 Å². The molecule has 0 heterocycles. The summed E-state index contributed by atoms with van der Waals surface area (Å²) in [6.07, 6.45) is 0. The molecule has 2 rings (SSSR count). The topological polar surface area (TPSA) is 32.3 Å². The summed E-state index contributed by atoms with van der Waals surface area (Å²) < 4.78 is 26.0. The zero-order chi connectivity index (χ0) is 13.8. The molecule has 19 heavy (non-hydrogen) atoms. The molecule has 100 valence electrons. The molecule has 0 radical (unpaired) electrons. The van der Waals surface area contributed by atoms with Gasteiger partial charge in [0, 0.05) is 13.1 Å². The van der Waals surface area contributed by atoms with Crippen LogP contribution < -0.4 is 5.32 Å². The maximum absolute atomic E-state index is 13.1. The number of hydrogen-bond donors (Lipinski definition) is 2. The Morgan fingerprint density at radius 3 is 2.21 bits per heavy atom. The van der Waals surface area contributed by atoms with Crippen molar-refractivity contribution in [2.75, 3.05) is 0 Å². The molecule has 2 nitrogen and oxygen atoms in total. The van der Waals surface area contributed by atoms with Crippen molar-refractivity contribution in [3.8, 4) is 5.75 Å². The maximum Gasteiger partial charge on any atom is 0.165 e. The van der Waals surface area contributed by atoms with Crippen molar-refractivity contribution in [1.82, 2.24) is 5.32 Å². The van der Waals surface area contributed by atoms with Gasteiger partial charge in [-0.1, -0.05) is 23.7 Å².